The van der Waals surface area contributed by atoms with Gasteiger partial charge in [0.05, 0.1) is 17.2 Å². The minimum absolute atomic E-state index is 0.442. The third kappa shape index (κ3) is 4.35. The molecule has 1 N–H and O–H groups in total. The van der Waals surface area contributed by atoms with E-state index in [0.29, 0.717) is 10.7 Å². The molecule has 7 heteroatoms. The predicted octanol–water partition coefficient (Wildman–Crippen LogP) is 2.33. The average Bonchev–Trinajstić information content (AvgIpc) is 3.04. The van der Waals surface area contributed by atoms with Crippen molar-refractivity contribution in [1.29, 1.82) is 0 Å². The molecule has 0 aromatic carbocycles. The summed E-state index contributed by atoms with van der Waals surface area (Å²) in [5.41, 5.74) is 0.574. The summed E-state index contributed by atoms with van der Waals surface area (Å²) in [7, 11) is 0. The standard InChI is InChI=1S/C15H12N3O3S/c19-10-9-18(15(21)17-13-5-3-11-22-13)14(20)7-6-12-4-1-2-8-16-12/h1-8,11H,9H2,(H,17,21). The monoisotopic (exact) mass is 314 g/mol. The number of pyridine rings is 1. The van der Waals surface area contributed by atoms with Crippen molar-refractivity contribution < 1.29 is 14.4 Å². The van der Waals surface area contributed by atoms with E-state index < -0.39 is 18.5 Å². The number of rotatable bonds is 5. The summed E-state index contributed by atoms with van der Waals surface area (Å²) in [5, 5.41) is 4.91. The molecular formula is C15H12N3O3S. The van der Waals surface area contributed by atoms with E-state index in [0.717, 1.165) is 4.90 Å². The second-order valence-corrected chi connectivity index (χ2v) is 5.01. The molecule has 2 aromatic heterocycles. The first kappa shape index (κ1) is 15.6. The van der Waals surface area contributed by atoms with Crippen molar-refractivity contribution in [2.45, 2.75) is 0 Å². The van der Waals surface area contributed by atoms with Crippen molar-refractivity contribution in [2.24, 2.45) is 0 Å². The van der Waals surface area contributed by atoms with Crippen molar-refractivity contribution in [3.8, 4) is 0 Å². The summed E-state index contributed by atoms with van der Waals surface area (Å²) in [6, 6.07) is 8.02. The Morgan fingerprint density at radius 3 is 2.82 bits per heavy atom. The Hall–Kier alpha value is -2.80. The van der Waals surface area contributed by atoms with Gasteiger partial charge in [0.1, 0.15) is 0 Å². The van der Waals surface area contributed by atoms with Gasteiger partial charge >= 0.3 is 6.03 Å². The van der Waals surface area contributed by atoms with Crippen LogP contribution in [0.4, 0.5) is 9.80 Å². The molecular weight excluding hydrogens is 302 g/mol. The summed E-state index contributed by atoms with van der Waals surface area (Å²) in [6.07, 6.45) is 5.80. The summed E-state index contributed by atoms with van der Waals surface area (Å²) in [6.45, 7) is -0.442. The van der Waals surface area contributed by atoms with Crippen LogP contribution in [0.2, 0.25) is 0 Å². The van der Waals surface area contributed by atoms with E-state index in [1.807, 2.05) is 0 Å². The highest BCUT2D eigenvalue weighted by molar-refractivity contribution is 7.14. The minimum atomic E-state index is -0.679. The molecule has 2 heterocycles. The van der Waals surface area contributed by atoms with Gasteiger partial charge in [-0.2, -0.15) is 0 Å². The fourth-order valence-corrected chi connectivity index (χ4v) is 2.17. The maximum absolute atomic E-state index is 12.1. The molecule has 1 radical (unpaired) electrons. The van der Waals surface area contributed by atoms with Gasteiger partial charge in [-0.15, -0.1) is 11.3 Å². The molecule has 0 bridgehead atoms. The molecule has 22 heavy (non-hydrogen) atoms. The Balaban J connectivity index is 2.06. The van der Waals surface area contributed by atoms with Gasteiger partial charge in [0.25, 0.3) is 5.91 Å². The van der Waals surface area contributed by atoms with Crippen LogP contribution in [0.15, 0.2) is 48.0 Å². The molecule has 2 aromatic rings. The first-order chi connectivity index (χ1) is 10.7. The van der Waals surface area contributed by atoms with Gasteiger partial charge in [0, 0.05) is 12.3 Å². The average molecular weight is 314 g/mol. The van der Waals surface area contributed by atoms with E-state index in [2.05, 4.69) is 10.3 Å². The fraction of sp³-hybridized carbons (Fsp3) is 0.0667. The largest absolute Gasteiger partial charge is 0.329 e. The summed E-state index contributed by atoms with van der Waals surface area (Å²) >= 11 is 1.31. The van der Waals surface area contributed by atoms with Gasteiger partial charge in [-0.25, -0.2) is 4.79 Å². The Bertz CT molecular complexity index is 669. The molecule has 0 fully saturated rings. The number of carbonyl (C=O) groups is 2. The Morgan fingerprint density at radius 2 is 2.18 bits per heavy atom. The quantitative estimate of drug-likeness (QED) is 0.859. The summed E-state index contributed by atoms with van der Waals surface area (Å²) < 4.78 is 0. The SMILES string of the molecule is O=[C]CN(C(=O)C=Cc1ccccn1)C(=O)Nc1cccs1. The van der Waals surface area contributed by atoms with Crippen molar-refractivity contribution in [3.05, 3.63) is 53.7 Å². The van der Waals surface area contributed by atoms with Crippen LogP contribution in [0, 0.1) is 0 Å². The Labute approximate surface area is 131 Å². The number of carbonyl (C=O) groups excluding carboxylic acids is 3. The van der Waals surface area contributed by atoms with E-state index in [1.54, 1.807) is 48.2 Å². The molecule has 0 spiro atoms. The van der Waals surface area contributed by atoms with Crippen molar-refractivity contribution in [1.82, 2.24) is 9.88 Å². The molecule has 2 rings (SSSR count). The number of thiophene rings is 1. The van der Waals surface area contributed by atoms with Crippen LogP contribution in [-0.4, -0.2) is 34.7 Å². The maximum Gasteiger partial charge on any atom is 0.329 e. The third-order valence-corrected chi connectivity index (χ3v) is 3.35. The second kappa shape index (κ2) is 7.84. The Morgan fingerprint density at radius 1 is 1.32 bits per heavy atom. The molecule has 0 aliphatic heterocycles. The van der Waals surface area contributed by atoms with Gasteiger partial charge in [-0.05, 0) is 35.7 Å². The maximum atomic E-state index is 12.1. The summed E-state index contributed by atoms with van der Waals surface area (Å²) in [4.78, 5) is 39.4. The second-order valence-electron chi connectivity index (χ2n) is 4.06. The minimum Gasteiger partial charge on any atom is -0.299 e. The van der Waals surface area contributed by atoms with E-state index in [1.165, 1.54) is 23.5 Å². The van der Waals surface area contributed by atoms with Crippen molar-refractivity contribution in [3.63, 3.8) is 0 Å². The van der Waals surface area contributed by atoms with Crippen LogP contribution in [-0.2, 0) is 9.59 Å². The lowest BCUT2D eigenvalue weighted by atomic mass is 10.3. The van der Waals surface area contributed by atoms with Crippen molar-refractivity contribution in [2.75, 3.05) is 11.9 Å². The summed E-state index contributed by atoms with van der Waals surface area (Å²) in [5.74, 6) is -0.622. The number of nitrogens with zero attached hydrogens (tertiary/aromatic N) is 2. The number of amides is 3. The predicted molar refractivity (Wildman–Crippen MR) is 84.0 cm³/mol. The lowest BCUT2D eigenvalue weighted by molar-refractivity contribution is -0.122. The molecule has 111 valence electrons. The zero-order valence-corrected chi connectivity index (χ0v) is 12.2. The lowest BCUT2D eigenvalue weighted by Crippen LogP contribution is -2.40. The highest BCUT2D eigenvalue weighted by Gasteiger charge is 2.19. The zero-order chi connectivity index (χ0) is 15.8. The topological polar surface area (TPSA) is 79.4 Å². The van der Waals surface area contributed by atoms with E-state index >= 15 is 0 Å². The number of imide groups is 1. The van der Waals surface area contributed by atoms with Crippen molar-refractivity contribution >= 4 is 40.6 Å². The molecule has 3 amide bonds. The normalized spacial score (nSPS) is 10.4. The molecule has 6 nitrogen and oxygen atoms in total. The van der Waals surface area contributed by atoms with E-state index in [4.69, 9.17) is 0 Å². The molecule has 0 saturated carbocycles. The Kier molecular flexibility index (Phi) is 5.56. The molecule has 0 unspecified atom stereocenters. The van der Waals surface area contributed by atoms with Crippen LogP contribution in [0.25, 0.3) is 6.08 Å². The van der Waals surface area contributed by atoms with Gasteiger partial charge in [0.2, 0.25) is 6.29 Å². The molecule has 0 saturated heterocycles. The molecule has 0 aliphatic rings. The van der Waals surface area contributed by atoms with Crippen LogP contribution >= 0.6 is 11.3 Å². The number of hydrogen-bond donors (Lipinski definition) is 1. The zero-order valence-electron chi connectivity index (χ0n) is 11.4. The molecule has 0 atom stereocenters. The van der Waals surface area contributed by atoms with Gasteiger partial charge in [-0.1, -0.05) is 6.07 Å². The first-order valence-electron chi connectivity index (χ1n) is 6.31. The van der Waals surface area contributed by atoms with Gasteiger partial charge < -0.3 is 0 Å². The number of nitrogens with one attached hydrogen (secondary N) is 1. The number of hydrogen-bond acceptors (Lipinski definition) is 5. The highest BCUT2D eigenvalue weighted by Crippen LogP contribution is 2.15. The van der Waals surface area contributed by atoms with Gasteiger partial charge in [0.15, 0.2) is 0 Å². The smallest absolute Gasteiger partial charge is 0.299 e. The number of anilines is 1. The van der Waals surface area contributed by atoms with Crippen LogP contribution in [0.5, 0.6) is 0 Å². The van der Waals surface area contributed by atoms with E-state index in [-0.39, 0.29) is 0 Å². The number of urea groups is 1. The van der Waals surface area contributed by atoms with Crippen LogP contribution < -0.4 is 5.32 Å². The lowest BCUT2D eigenvalue weighted by Gasteiger charge is -2.16. The third-order valence-electron chi connectivity index (χ3n) is 2.57. The number of aromatic nitrogens is 1. The first-order valence-corrected chi connectivity index (χ1v) is 7.19. The fourth-order valence-electron chi connectivity index (χ4n) is 1.56. The van der Waals surface area contributed by atoms with Gasteiger partial charge in [-0.3, -0.25) is 24.8 Å². The van der Waals surface area contributed by atoms with Crippen LogP contribution in [0.1, 0.15) is 5.69 Å². The van der Waals surface area contributed by atoms with Crippen LogP contribution in [0.3, 0.4) is 0 Å². The van der Waals surface area contributed by atoms with E-state index in [9.17, 15) is 14.4 Å². The molecule has 0 aliphatic carbocycles. The highest BCUT2D eigenvalue weighted by atomic mass is 32.1.